The number of sulfonamides is 1. The van der Waals surface area contributed by atoms with Crippen molar-refractivity contribution < 1.29 is 13.2 Å². The van der Waals surface area contributed by atoms with Gasteiger partial charge in [-0.2, -0.15) is 0 Å². The van der Waals surface area contributed by atoms with Gasteiger partial charge in [-0.05, 0) is 42.2 Å². The van der Waals surface area contributed by atoms with Gasteiger partial charge in [0.25, 0.3) is 15.9 Å². The van der Waals surface area contributed by atoms with Crippen molar-refractivity contribution in [1.82, 2.24) is 14.7 Å². The largest absolute Gasteiger partial charge is 0.336 e. The number of amides is 1. The summed E-state index contributed by atoms with van der Waals surface area (Å²) < 4.78 is 27.7. The zero-order valence-electron chi connectivity index (χ0n) is 19.9. The number of benzene rings is 3. The topological polar surface area (TPSA) is 92.3 Å². The molecule has 182 valence electrons. The van der Waals surface area contributed by atoms with Crippen LogP contribution in [0.25, 0.3) is 0 Å². The number of hydrogen-bond donors (Lipinski definition) is 1. The third kappa shape index (κ3) is 5.13. The SMILES string of the molecule is Cc1cccc(Cc2nc(N3CCc4ccccc4C3)ncc2C(=O)NS(=O)(=O)c2ccccc2)c1. The van der Waals surface area contributed by atoms with Gasteiger partial charge in [-0.15, -0.1) is 0 Å². The summed E-state index contributed by atoms with van der Waals surface area (Å²) >= 11 is 0. The molecule has 0 saturated carbocycles. The highest BCUT2D eigenvalue weighted by Gasteiger charge is 2.24. The predicted octanol–water partition coefficient (Wildman–Crippen LogP) is 4.06. The fourth-order valence-electron chi connectivity index (χ4n) is 4.40. The van der Waals surface area contributed by atoms with Crippen molar-refractivity contribution in [3.05, 3.63) is 119 Å². The van der Waals surface area contributed by atoms with E-state index in [1.165, 1.54) is 29.5 Å². The Labute approximate surface area is 210 Å². The lowest BCUT2D eigenvalue weighted by Gasteiger charge is -2.29. The minimum atomic E-state index is -4.03. The van der Waals surface area contributed by atoms with Gasteiger partial charge in [0.15, 0.2) is 0 Å². The van der Waals surface area contributed by atoms with Crippen LogP contribution in [0.15, 0.2) is 90.0 Å². The highest BCUT2D eigenvalue weighted by atomic mass is 32.2. The first kappa shape index (κ1) is 23.7. The van der Waals surface area contributed by atoms with Gasteiger partial charge in [0.2, 0.25) is 5.95 Å². The maximum Gasteiger partial charge on any atom is 0.268 e. The van der Waals surface area contributed by atoms with Crippen LogP contribution in [0.1, 0.15) is 38.3 Å². The molecule has 5 rings (SSSR count). The summed E-state index contributed by atoms with van der Waals surface area (Å²) in [6.07, 6.45) is 2.68. The van der Waals surface area contributed by atoms with Gasteiger partial charge in [0, 0.05) is 25.7 Å². The summed E-state index contributed by atoms with van der Waals surface area (Å²) in [6.45, 7) is 3.43. The molecular weight excluding hydrogens is 472 g/mol. The summed E-state index contributed by atoms with van der Waals surface area (Å²) in [5.41, 5.74) is 5.22. The molecule has 7 nitrogen and oxygen atoms in total. The van der Waals surface area contributed by atoms with Gasteiger partial charge in [-0.1, -0.05) is 72.3 Å². The average Bonchev–Trinajstić information content (AvgIpc) is 2.88. The number of fused-ring (bicyclic) bond motifs is 1. The second kappa shape index (κ2) is 9.91. The predicted molar refractivity (Wildman–Crippen MR) is 138 cm³/mol. The van der Waals surface area contributed by atoms with Crippen LogP contribution in [-0.4, -0.2) is 30.8 Å². The van der Waals surface area contributed by atoms with Gasteiger partial charge in [-0.3, -0.25) is 4.79 Å². The van der Waals surface area contributed by atoms with E-state index in [1.807, 2.05) is 43.3 Å². The second-order valence-electron chi connectivity index (χ2n) is 8.88. The van der Waals surface area contributed by atoms with Crippen LogP contribution in [-0.2, 0) is 29.4 Å². The molecule has 1 aromatic heterocycles. The molecule has 1 amide bonds. The molecule has 36 heavy (non-hydrogen) atoms. The molecule has 0 bridgehead atoms. The lowest BCUT2D eigenvalue weighted by atomic mass is 10.0. The van der Waals surface area contributed by atoms with E-state index in [0.717, 1.165) is 24.1 Å². The molecule has 0 atom stereocenters. The van der Waals surface area contributed by atoms with Crippen molar-refractivity contribution in [2.45, 2.75) is 31.2 Å². The number of carbonyl (C=O) groups is 1. The maximum atomic E-state index is 13.2. The highest BCUT2D eigenvalue weighted by molar-refractivity contribution is 7.90. The van der Waals surface area contributed by atoms with E-state index in [2.05, 4.69) is 26.7 Å². The Kier molecular flexibility index (Phi) is 6.52. The molecule has 0 spiro atoms. The normalized spacial score (nSPS) is 13.2. The number of hydrogen-bond acceptors (Lipinski definition) is 6. The van der Waals surface area contributed by atoms with E-state index in [4.69, 9.17) is 4.98 Å². The number of rotatable bonds is 6. The standard InChI is InChI=1S/C28H26N4O3S/c1-20-8-7-9-21(16-20)17-26-25(27(33)31-36(34,35)24-12-3-2-4-13-24)18-29-28(30-26)32-15-14-22-10-5-6-11-23(22)19-32/h2-13,16,18H,14-15,17,19H2,1H3,(H,31,33). The van der Waals surface area contributed by atoms with Crippen LogP contribution in [0, 0.1) is 6.92 Å². The first-order valence-electron chi connectivity index (χ1n) is 11.7. The molecule has 0 unspecified atom stereocenters. The zero-order chi connectivity index (χ0) is 25.1. The fraction of sp³-hybridized carbons (Fsp3) is 0.179. The highest BCUT2D eigenvalue weighted by Crippen LogP contribution is 2.24. The molecule has 0 saturated heterocycles. The summed E-state index contributed by atoms with van der Waals surface area (Å²) in [5, 5.41) is 0. The molecule has 0 aliphatic carbocycles. The van der Waals surface area contributed by atoms with E-state index in [-0.39, 0.29) is 10.5 Å². The first-order chi connectivity index (χ1) is 17.4. The smallest absolute Gasteiger partial charge is 0.268 e. The third-order valence-corrected chi connectivity index (χ3v) is 7.59. The molecule has 4 aromatic rings. The van der Waals surface area contributed by atoms with Gasteiger partial charge in [0.05, 0.1) is 16.2 Å². The van der Waals surface area contributed by atoms with Crippen molar-refractivity contribution in [3.8, 4) is 0 Å². The van der Waals surface area contributed by atoms with Crippen molar-refractivity contribution >= 4 is 21.9 Å². The summed E-state index contributed by atoms with van der Waals surface area (Å²) in [7, 11) is -4.03. The maximum absolute atomic E-state index is 13.2. The van der Waals surface area contributed by atoms with Crippen molar-refractivity contribution in [2.24, 2.45) is 0 Å². The molecule has 0 fully saturated rings. The van der Waals surface area contributed by atoms with E-state index in [1.54, 1.807) is 18.2 Å². The minimum absolute atomic E-state index is 0.0168. The quantitative estimate of drug-likeness (QED) is 0.431. The van der Waals surface area contributed by atoms with E-state index in [9.17, 15) is 13.2 Å². The number of aryl methyl sites for hydroxylation is 1. The van der Waals surface area contributed by atoms with Crippen LogP contribution in [0.3, 0.4) is 0 Å². The Morgan fingerprint density at radius 1 is 0.972 bits per heavy atom. The Morgan fingerprint density at radius 2 is 1.72 bits per heavy atom. The van der Waals surface area contributed by atoms with Gasteiger partial charge in [-0.25, -0.2) is 23.1 Å². The molecule has 1 N–H and O–H groups in total. The molecule has 8 heteroatoms. The van der Waals surface area contributed by atoms with E-state index < -0.39 is 15.9 Å². The zero-order valence-corrected chi connectivity index (χ0v) is 20.7. The van der Waals surface area contributed by atoms with Gasteiger partial charge in [0.1, 0.15) is 0 Å². The number of aromatic nitrogens is 2. The average molecular weight is 499 g/mol. The number of carbonyl (C=O) groups excluding carboxylic acids is 1. The molecule has 1 aliphatic heterocycles. The van der Waals surface area contributed by atoms with Gasteiger partial charge < -0.3 is 4.90 Å². The first-order valence-corrected chi connectivity index (χ1v) is 13.2. The minimum Gasteiger partial charge on any atom is -0.336 e. The Morgan fingerprint density at radius 3 is 2.50 bits per heavy atom. The van der Waals surface area contributed by atoms with E-state index in [0.29, 0.717) is 24.6 Å². The fourth-order valence-corrected chi connectivity index (χ4v) is 5.39. The van der Waals surface area contributed by atoms with Crippen molar-refractivity contribution in [3.63, 3.8) is 0 Å². The number of anilines is 1. The Balaban J connectivity index is 1.48. The van der Waals surface area contributed by atoms with Gasteiger partial charge >= 0.3 is 0 Å². The van der Waals surface area contributed by atoms with Crippen LogP contribution >= 0.6 is 0 Å². The summed E-state index contributed by atoms with van der Waals surface area (Å²) in [6, 6.07) is 24.1. The summed E-state index contributed by atoms with van der Waals surface area (Å²) in [5.74, 6) is -0.230. The summed E-state index contributed by atoms with van der Waals surface area (Å²) in [4.78, 5) is 24.5. The Hall–Kier alpha value is -4.04. The van der Waals surface area contributed by atoms with Crippen LogP contribution in [0.2, 0.25) is 0 Å². The van der Waals surface area contributed by atoms with Crippen LogP contribution < -0.4 is 9.62 Å². The van der Waals surface area contributed by atoms with Crippen LogP contribution in [0.4, 0.5) is 5.95 Å². The molecular formula is C28H26N4O3S. The van der Waals surface area contributed by atoms with Crippen LogP contribution in [0.5, 0.6) is 0 Å². The van der Waals surface area contributed by atoms with Crippen molar-refractivity contribution in [2.75, 3.05) is 11.4 Å². The number of nitrogens with zero attached hydrogens (tertiary/aromatic N) is 3. The molecule has 2 heterocycles. The Bertz CT molecular complexity index is 1520. The third-order valence-electron chi connectivity index (χ3n) is 6.25. The molecule has 0 radical (unpaired) electrons. The van der Waals surface area contributed by atoms with E-state index >= 15 is 0 Å². The molecule has 1 aliphatic rings. The second-order valence-corrected chi connectivity index (χ2v) is 10.6. The molecule has 3 aromatic carbocycles. The number of nitrogens with one attached hydrogen (secondary N) is 1. The lowest BCUT2D eigenvalue weighted by molar-refractivity contribution is 0.0980. The monoisotopic (exact) mass is 498 g/mol. The lowest BCUT2D eigenvalue weighted by Crippen LogP contribution is -2.34. The van der Waals surface area contributed by atoms with Crippen molar-refractivity contribution in [1.29, 1.82) is 0 Å².